The van der Waals surface area contributed by atoms with Crippen LogP contribution in [0.4, 0.5) is 16.4 Å². The first-order valence-electron chi connectivity index (χ1n) is 9.79. The Hall–Kier alpha value is -2.59. The van der Waals surface area contributed by atoms with Crippen LogP contribution in [0.5, 0.6) is 0 Å². The monoisotopic (exact) mass is 413 g/mol. The fraction of sp³-hybridized carbons (Fsp3) is 0.474. The second-order valence-electron chi connectivity index (χ2n) is 7.92. The smallest absolute Gasteiger partial charge is 0.290 e. The van der Waals surface area contributed by atoms with Gasteiger partial charge in [-0.3, -0.25) is 14.9 Å². The number of imide groups is 1. The Morgan fingerprint density at radius 3 is 2.83 bits per heavy atom. The molecular weight excluding hydrogens is 390 g/mol. The van der Waals surface area contributed by atoms with Gasteiger partial charge in [0.1, 0.15) is 11.6 Å². The van der Waals surface area contributed by atoms with Crippen LogP contribution in [0.15, 0.2) is 17.2 Å². The lowest BCUT2D eigenvalue weighted by Gasteiger charge is -2.26. The summed E-state index contributed by atoms with van der Waals surface area (Å²) in [5.41, 5.74) is 1.39. The fourth-order valence-electron chi connectivity index (χ4n) is 3.77. The van der Waals surface area contributed by atoms with E-state index in [-0.39, 0.29) is 11.1 Å². The molecule has 2 aromatic rings. The van der Waals surface area contributed by atoms with Crippen LogP contribution in [0.2, 0.25) is 0 Å². The number of rotatable bonds is 5. The molecule has 5 rings (SSSR count). The maximum Gasteiger partial charge on any atom is 0.290 e. The van der Waals surface area contributed by atoms with Gasteiger partial charge in [0.2, 0.25) is 0 Å². The number of nitrogens with one attached hydrogen (secondary N) is 2. The molecule has 2 aromatic heterocycles. The van der Waals surface area contributed by atoms with Crippen LogP contribution in [0, 0.1) is 0 Å². The van der Waals surface area contributed by atoms with Gasteiger partial charge in [0.05, 0.1) is 11.1 Å². The number of thioether (sulfide) groups is 1. The Labute approximate surface area is 172 Å². The summed E-state index contributed by atoms with van der Waals surface area (Å²) in [5, 5.41) is 9.96. The lowest BCUT2D eigenvalue weighted by Crippen LogP contribution is -2.34. The van der Waals surface area contributed by atoms with Gasteiger partial charge in [-0.05, 0) is 50.7 Å². The molecule has 0 radical (unpaired) electrons. The van der Waals surface area contributed by atoms with Gasteiger partial charge in [0.15, 0.2) is 5.65 Å². The molecule has 1 aliphatic carbocycles. The molecular formula is C19H23N7O2S. The molecule has 4 heterocycles. The van der Waals surface area contributed by atoms with Crippen LogP contribution in [0.25, 0.3) is 11.7 Å². The Bertz CT molecular complexity index is 1030. The molecule has 1 atom stereocenters. The number of amides is 2. The van der Waals surface area contributed by atoms with E-state index < -0.39 is 0 Å². The van der Waals surface area contributed by atoms with Crippen LogP contribution >= 0.6 is 11.8 Å². The Morgan fingerprint density at radius 1 is 1.34 bits per heavy atom. The molecule has 2 aliphatic heterocycles. The van der Waals surface area contributed by atoms with Crippen LogP contribution < -0.4 is 15.5 Å². The minimum absolute atomic E-state index is 0.354. The third-order valence-electron chi connectivity index (χ3n) is 5.62. The summed E-state index contributed by atoms with van der Waals surface area (Å²) in [7, 11) is 4.22. The highest BCUT2D eigenvalue weighted by Gasteiger charge is 2.28. The van der Waals surface area contributed by atoms with E-state index in [4.69, 9.17) is 4.98 Å². The van der Waals surface area contributed by atoms with Crippen molar-refractivity contribution < 1.29 is 9.59 Å². The van der Waals surface area contributed by atoms with Crippen LogP contribution in [0.1, 0.15) is 24.8 Å². The zero-order valence-corrected chi connectivity index (χ0v) is 17.2. The Balaban J connectivity index is 1.56. The number of anilines is 2. The van der Waals surface area contributed by atoms with Crippen molar-refractivity contribution in [1.82, 2.24) is 24.8 Å². The highest BCUT2D eigenvalue weighted by atomic mass is 32.2. The highest BCUT2D eigenvalue weighted by molar-refractivity contribution is 8.18. The summed E-state index contributed by atoms with van der Waals surface area (Å²) in [6.45, 7) is 2.08. The molecule has 10 heteroatoms. The standard InChI is InChI=1S/C19H23N7O2S/c1-24-6-5-13(10-24)25(2)15-8-16(21-12-3-4-12)26-17(22-15)11(9-20-26)7-14-18(27)23-19(28)29-14/h7-9,12-13,21H,3-6,10H2,1-2H3,(H,23,27,28). The maximum atomic E-state index is 12.0. The van der Waals surface area contributed by atoms with Gasteiger partial charge < -0.3 is 15.1 Å². The van der Waals surface area contributed by atoms with Crippen molar-refractivity contribution in [3.8, 4) is 0 Å². The van der Waals surface area contributed by atoms with E-state index in [1.54, 1.807) is 16.8 Å². The largest absolute Gasteiger partial charge is 0.367 e. The molecule has 152 valence electrons. The van der Waals surface area contributed by atoms with E-state index >= 15 is 0 Å². The van der Waals surface area contributed by atoms with E-state index in [1.807, 2.05) is 6.07 Å². The van der Waals surface area contributed by atoms with E-state index in [0.29, 0.717) is 22.6 Å². The number of carbonyl (C=O) groups excluding carboxylic acids is 2. The van der Waals surface area contributed by atoms with Gasteiger partial charge in [-0.2, -0.15) is 9.61 Å². The molecule has 3 aliphatic rings. The molecule has 2 amide bonds. The van der Waals surface area contributed by atoms with Crippen LogP contribution in [-0.2, 0) is 4.79 Å². The van der Waals surface area contributed by atoms with E-state index in [2.05, 4.69) is 39.6 Å². The third kappa shape index (κ3) is 3.58. The van der Waals surface area contributed by atoms with Crippen molar-refractivity contribution in [2.45, 2.75) is 31.3 Å². The molecule has 1 unspecified atom stereocenters. The highest BCUT2D eigenvalue weighted by Crippen LogP contribution is 2.31. The van der Waals surface area contributed by atoms with Crippen molar-refractivity contribution in [1.29, 1.82) is 0 Å². The van der Waals surface area contributed by atoms with Crippen molar-refractivity contribution in [2.24, 2.45) is 0 Å². The first-order chi connectivity index (χ1) is 14.0. The molecule has 0 aromatic carbocycles. The van der Waals surface area contributed by atoms with Crippen LogP contribution in [-0.4, -0.2) is 69.9 Å². The van der Waals surface area contributed by atoms with E-state index in [1.165, 1.54) is 0 Å². The minimum atomic E-state index is -0.377. The van der Waals surface area contributed by atoms with Gasteiger partial charge >= 0.3 is 0 Å². The maximum absolute atomic E-state index is 12.0. The van der Waals surface area contributed by atoms with Crippen molar-refractivity contribution in [3.63, 3.8) is 0 Å². The number of aromatic nitrogens is 3. The first kappa shape index (κ1) is 18.4. The number of likely N-dealkylation sites (N-methyl/N-ethyl adjacent to an activating group) is 2. The molecule has 3 fully saturated rings. The molecule has 0 spiro atoms. The number of fused-ring (bicyclic) bond motifs is 1. The summed E-state index contributed by atoms with van der Waals surface area (Å²) >= 11 is 0.902. The molecule has 0 bridgehead atoms. The molecule has 1 saturated carbocycles. The predicted octanol–water partition coefficient (Wildman–Crippen LogP) is 1.77. The minimum Gasteiger partial charge on any atom is -0.367 e. The average molecular weight is 414 g/mol. The van der Waals surface area contributed by atoms with Crippen LogP contribution in [0.3, 0.4) is 0 Å². The zero-order chi connectivity index (χ0) is 20.1. The summed E-state index contributed by atoms with van der Waals surface area (Å²) in [6.07, 6.45) is 6.78. The predicted molar refractivity (Wildman–Crippen MR) is 113 cm³/mol. The Kier molecular flexibility index (Phi) is 4.47. The lowest BCUT2D eigenvalue weighted by atomic mass is 10.2. The number of hydrogen-bond donors (Lipinski definition) is 2. The van der Waals surface area contributed by atoms with Gasteiger partial charge in [-0.15, -0.1) is 0 Å². The molecule has 9 nitrogen and oxygen atoms in total. The number of likely N-dealkylation sites (tertiary alicyclic amines) is 1. The first-order valence-corrected chi connectivity index (χ1v) is 10.6. The van der Waals surface area contributed by atoms with Gasteiger partial charge in [-0.1, -0.05) is 0 Å². The number of nitrogens with zero attached hydrogens (tertiary/aromatic N) is 5. The van der Waals surface area contributed by atoms with E-state index in [9.17, 15) is 9.59 Å². The van der Waals surface area contributed by atoms with Gasteiger partial charge in [0, 0.05) is 37.3 Å². The third-order valence-corrected chi connectivity index (χ3v) is 6.43. The number of carbonyl (C=O) groups is 2. The zero-order valence-electron chi connectivity index (χ0n) is 16.4. The van der Waals surface area contributed by atoms with Crippen molar-refractivity contribution in [2.75, 3.05) is 37.4 Å². The molecule has 29 heavy (non-hydrogen) atoms. The van der Waals surface area contributed by atoms with Gasteiger partial charge in [-0.25, -0.2) is 4.98 Å². The second-order valence-corrected chi connectivity index (χ2v) is 8.94. The van der Waals surface area contributed by atoms with Gasteiger partial charge in [0.25, 0.3) is 11.1 Å². The molecule has 2 N–H and O–H groups in total. The quantitative estimate of drug-likeness (QED) is 0.716. The molecule has 2 saturated heterocycles. The normalized spacial score (nSPS) is 23.9. The SMILES string of the molecule is CN1CCC(N(C)c2cc(NC3CC3)n3ncc(C=C4SC(=O)NC4=O)c3n2)C1. The topological polar surface area (TPSA) is 94.9 Å². The summed E-state index contributed by atoms with van der Waals surface area (Å²) in [4.78, 5) is 33.2. The summed E-state index contributed by atoms with van der Waals surface area (Å²) in [6, 6.07) is 2.92. The second kappa shape index (κ2) is 7.03. The lowest BCUT2D eigenvalue weighted by molar-refractivity contribution is -0.115. The Morgan fingerprint density at radius 2 is 2.17 bits per heavy atom. The fourth-order valence-corrected chi connectivity index (χ4v) is 4.44. The summed E-state index contributed by atoms with van der Waals surface area (Å²) < 4.78 is 1.78. The average Bonchev–Trinajstić information content (AvgIpc) is 3.09. The van der Waals surface area contributed by atoms with Crippen molar-refractivity contribution >= 4 is 46.3 Å². The van der Waals surface area contributed by atoms with E-state index in [0.717, 1.165) is 61.3 Å². The summed E-state index contributed by atoms with van der Waals surface area (Å²) in [5.74, 6) is 1.40. The van der Waals surface area contributed by atoms with Crippen molar-refractivity contribution in [3.05, 3.63) is 22.7 Å². The number of hydrogen-bond acceptors (Lipinski definition) is 8.